The van der Waals surface area contributed by atoms with E-state index in [1.807, 2.05) is 0 Å². The van der Waals surface area contributed by atoms with E-state index in [0.29, 0.717) is 11.1 Å². The summed E-state index contributed by atoms with van der Waals surface area (Å²) in [6, 6.07) is 10.2. The number of methoxy groups -OCH3 is 1. The van der Waals surface area contributed by atoms with Crippen LogP contribution in [-0.4, -0.2) is 45.7 Å². The molecule has 0 aliphatic carbocycles. The van der Waals surface area contributed by atoms with Crippen molar-refractivity contribution in [3.05, 3.63) is 76.5 Å². The molecule has 34 heavy (non-hydrogen) atoms. The van der Waals surface area contributed by atoms with Crippen molar-refractivity contribution in [2.45, 2.75) is 19.0 Å². The molecule has 0 spiro atoms. The highest BCUT2D eigenvalue weighted by Crippen LogP contribution is 2.27. The number of aliphatic hydroxyl groups excluding tert-OH is 1. The predicted molar refractivity (Wildman–Crippen MR) is 121 cm³/mol. The number of carboxylic acids is 1. The highest BCUT2D eigenvalue weighted by Gasteiger charge is 2.20. The molecule has 1 heterocycles. The molecule has 11 heteroatoms. The first-order valence-electron chi connectivity index (χ1n) is 10.2. The van der Waals surface area contributed by atoms with Gasteiger partial charge in [0.25, 0.3) is 5.56 Å². The lowest BCUT2D eigenvalue weighted by molar-refractivity contribution is -0.137. The fraction of sp³-hybridized carbons (Fsp3) is 0.217. The molecule has 2 aromatic carbocycles. The van der Waals surface area contributed by atoms with Gasteiger partial charge < -0.3 is 25.6 Å². The summed E-state index contributed by atoms with van der Waals surface area (Å²) in [5.41, 5.74) is 0.639. The number of nitrogens with one attached hydrogen (secondary N) is 2. The van der Waals surface area contributed by atoms with Crippen LogP contribution in [0, 0.1) is 5.82 Å². The molecule has 4 N–H and O–H groups in total. The zero-order valence-corrected chi connectivity index (χ0v) is 18.2. The summed E-state index contributed by atoms with van der Waals surface area (Å²) in [7, 11) is 1.39. The highest BCUT2D eigenvalue weighted by molar-refractivity contribution is 5.90. The van der Waals surface area contributed by atoms with E-state index in [4.69, 9.17) is 9.84 Å². The minimum atomic E-state index is -1.15. The van der Waals surface area contributed by atoms with Crippen LogP contribution in [0.1, 0.15) is 18.0 Å². The molecule has 0 aliphatic rings. The number of hydrogen-bond donors (Lipinski definition) is 4. The van der Waals surface area contributed by atoms with E-state index in [1.54, 1.807) is 30.3 Å². The van der Waals surface area contributed by atoms with Gasteiger partial charge in [0.15, 0.2) is 5.75 Å². The lowest BCUT2D eigenvalue weighted by Crippen LogP contribution is -2.34. The average molecular weight is 470 g/mol. The van der Waals surface area contributed by atoms with Crippen LogP contribution in [-0.2, 0) is 11.3 Å². The summed E-state index contributed by atoms with van der Waals surface area (Å²) in [6.07, 6.45) is 0.939. The number of anilines is 1. The third kappa shape index (κ3) is 5.75. The molecule has 0 bridgehead atoms. The standard InChI is InChI=1S/C23H23FN4O6/c1-34-19-13-25-28(10-11-29)22(32)21(19)15-8-6-14(7-9-15)18(12-20(30)31)27-23(33)26-17-5-3-2-4-16(17)24/h2-9,13,18,29H,10-12H2,1H3,(H,30,31)(H2,26,27,33). The van der Waals surface area contributed by atoms with Crippen molar-refractivity contribution in [2.24, 2.45) is 0 Å². The van der Waals surface area contributed by atoms with Crippen LogP contribution < -0.4 is 20.9 Å². The van der Waals surface area contributed by atoms with Gasteiger partial charge in [0.1, 0.15) is 5.82 Å². The predicted octanol–water partition coefficient (Wildman–Crippen LogP) is 2.39. The van der Waals surface area contributed by atoms with Gasteiger partial charge in [0, 0.05) is 0 Å². The van der Waals surface area contributed by atoms with E-state index in [0.717, 1.165) is 4.68 Å². The van der Waals surface area contributed by atoms with Gasteiger partial charge in [-0.05, 0) is 23.3 Å². The summed E-state index contributed by atoms with van der Waals surface area (Å²) < 4.78 is 20.2. The topological polar surface area (TPSA) is 143 Å². The number of nitrogens with zero attached hydrogens (tertiary/aromatic N) is 2. The number of benzene rings is 2. The number of aliphatic hydroxyl groups is 1. The number of aromatic nitrogens is 2. The van der Waals surface area contributed by atoms with Crippen LogP contribution in [0.3, 0.4) is 0 Å². The molecule has 1 atom stereocenters. The maximum absolute atomic E-state index is 13.8. The summed E-state index contributed by atoms with van der Waals surface area (Å²) in [6.45, 7) is -0.259. The number of rotatable bonds is 9. The molecule has 178 valence electrons. The van der Waals surface area contributed by atoms with E-state index < -0.39 is 35.8 Å². The Bertz CT molecular complexity index is 1230. The Morgan fingerprint density at radius 2 is 1.88 bits per heavy atom. The minimum absolute atomic E-state index is 0.00956. The van der Waals surface area contributed by atoms with Crippen molar-refractivity contribution in [3.63, 3.8) is 0 Å². The number of amides is 2. The zero-order valence-electron chi connectivity index (χ0n) is 18.2. The van der Waals surface area contributed by atoms with Gasteiger partial charge in [-0.1, -0.05) is 36.4 Å². The Labute approximate surface area is 193 Å². The average Bonchev–Trinajstić information content (AvgIpc) is 2.81. The first-order chi connectivity index (χ1) is 16.3. The molecule has 3 rings (SSSR count). The summed E-state index contributed by atoms with van der Waals surface area (Å²) in [5, 5.41) is 27.3. The number of halogens is 1. The summed E-state index contributed by atoms with van der Waals surface area (Å²) >= 11 is 0. The number of hydrogen-bond acceptors (Lipinski definition) is 6. The SMILES string of the molecule is COc1cnn(CCO)c(=O)c1-c1ccc(C(CC(=O)O)NC(=O)Nc2ccccc2F)cc1. The van der Waals surface area contributed by atoms with E-state index in [-0.39, 0.29) is 30.2 Å². The van der Waals surface area contributed by atoms with Gasteiger partial charge in [-0.15, -0.1) is 0 Å². The second-order valence-electron chi connectivity index (χ2n) is 7.19. The van der Waals surface area contributed by atoms with E-state index >= 15 is 0 Å². The quantitative estimate of drug-likeness (QED) is 0.376. The van der Waals surface area contributed by atoms with Crippen LogP contribution in [0.2, 0.25) is 0 Å². The number of ether oxygens (including phenoxy) is 1. The second kappa shape index (κ2) is 11.1. The number of carbonyl (C=O) groups is 2. The van der Waals surface area contributed by atoms with Crippen LogP contribution in [0.15, 0.2) is 59.5 Å². The number of carboxylic acid groups (broad SMARTS) is 1. The van der Waals surface area contributed by atoms with E-state index in [2.05, 4.69) is 15.7 Å². The molecule has 0 radical (unpaired) electrons. The lowest BCUT2D eigenvalue weighted by atomic mass is 9.99. The van der Waals surface area contributed by atoms with Crippen LogP contribution >= 0.6 is 0 Å². The smallest absolute Gasteiger partial charge is 0.319 e. The second-order valence-corrected chi connectivity index (χ2v) is 7.19. The van der Waals surface area contributed by atoms with Gasteiger partial charge in [-0.3, -0.25) is 9.59 Å². The number of carbonyl (C=O) groups excluding carboxylic acids is 1. The fourth-order valence-corrected chi connectivity index (χ4v) is 3.34. The van der Waals surface area contributed by atoms with Gasteiger partial charge >= 0.3 is 12.0 Å². The molecule has 2 amide bonds. The molecule has 1 unspecified atom stereocenters. The largest absolute Gasteiger partial charge is 0.494 e. The maximum atomic E-state index is 13.8. The van der Waals surface area contributed by atoms with Gasteiger partial charge in [-0.25, -0.2) is 13.9 Å². The minimum Gasteiger partial charge on any atom is -0.494 e. The Balaban J connectivity index is 1.87. The van der Waals surface area contributed by atoms with Crippen molar-refractivity contribution in [3.8, 4) is 16.9 Å². The van der Waals surface area contributed by atoms with Gasteiger partial charge in [0.2, 0.25) is 0 Å². The van der Waals surface area contributed by atoms with Crippen molar-refractivity contribution in [1.82, 2.24) is 15.1 Å². The molecular weight excluding hydrogens is 447 g/mol. The summed E-state index contributed by atoms with van der Waals surface area (Å²) in [5.74, 6) is -1.55. The first-order valence-corrected chi connectivity index (χ1v) is 10.2. The number of para-hydroxylation sites is 1. The zero-order chi connectivity index (χ0) is 24.7. The van der Waals surface area contributed by atoms with Crippen molar-refractivity contribution >= 4 is 17.7 Å². The molecule has 3 aromatic rings. The van der Waals surface area contributed by atoms with E-state index in [9.17, 15) is 23.9 Å². The fourth-order valence-electron chi connectivity index (χ4n) is 3.34. The molecule has 0 saturated carbocycles. The normalized spacial score (nSPS) is 11.5. The lowest BCUT2D eigenvalue weighted by Gasteiger charge is -2.19. The molecule has 10 nitrogen and oxygen atoms in total. The Hall–Kier alpha value is -4.25. The van der Waals surface area contributed by atoms with Crippen LogP contribution in [0.5, 0.6) is 5.75 Å². The van der Waals surface area contributed by atoms with Crippen LogP contribution in [0.4, 0.5) is 14.9 Å². The Kier molecular flexibility index (Phi) is 7.93. The van der Waals surface area contributed by atoms with Crippen molar-refractivity contribution < 1.29 is 28.9 Å². The number of urea groups is 1. The monoisotopic (exact) mass is 470 g/mol. The maximum Gasteiger partial charge on any atom is 0.319 e. The van der Waals surface area contributed by atoms with E-state index in [1.165, 1.54) is 31.5 Å². The van der Waals surface area contributed by atoms with Crippen molar-refractivity contribution in [1.29, 1.82) is 0 Å². The Morgan fingerprint density at radius 1 is 1.18 bits per heavy atom. The number of aliphatic carboxylic acids is 1. The molecule has 1 aromatic heterocycles. The molecule has 0 saturated heterocycles. The third-order valence-electron chi connectivity index (χ3n) is 4.95. The van der Waals surface area contributed by atoms with Gasteiger partial charge in [0.05, 0.1) is 50.2 Å². The first kappa shape index (κ1) is 24.4. The summed E-state index contributed by atoms with van der Waals surface area (Å²) in [4.78, 5) is 36.5. The molecule has 0 aliphatic heterocycles. The van der Waals surface area contributed by atoms with Crippen molar-refractivity contribution in [2.75, 3.05) is 19.0 Å². The van der Waals surface area contributed by atoms with Crippen LogP contribution in [0.25, 0.3) is 11.1 Å². The Morgan fingerprint density at radius 3 is 2.50 bits per heavy atom. The molecular formula is C23H23FN4O6. The highest BCUT2D eigenvalue weighted by atomic mass is 19.1. The third-order valence-corrected chi connectivity index (χ3v) is 4.95. The van der Waals surface area contributed by atoms with Gasteiger partial charge in [-0.2, -0.15) is 5.10 Å². The molecule has 0 fully saturated rings.